The van der Waals surface area contributed by atoms with E-state index in [1.165, 1.54) is 90.2 Å². The van der Waals surface area contributed by atoms with Crippen molar-refractivity contribution >= 4 is 11.6 Å². The molecular weight excluding hydrogens is 1320 g/mol. The number of aryl methyl sites for hydroxylation is 4. The first-order valence-electron chi connectivity index (χ1n) is 39.3. The van der Waals surface area contributed by atoms with E-state index >= 15 is 0 Å². The third-order valence-corrected chi connectivity index (χ3v) is 19.0. The second-order valence-corrected chi connectivity index (χ2v) is 33.7. The second kappa shape index (κ2) is 47.3. The number of nitrogens with zero attached hydrogens (tertiary/aromatic N) is 9. The van der Waals surface area contributed by atoms with Crippen LogP contribution in [0.15, 0.2) is 104 Å². The van der Waals surface area contributed by atoms with Crippen LogP contribution in [-0.2, 0) is 0 Å². The topological polar surface area (TPSA) is 138 Å². The smallest absolute Gasteiger partial charge is 0.144 e. The van der Waals surface area contributed by atoms with Gasteiger partial charge in [-0.25, -0.2) is 4.39 Å². The van der Waals surface area contributed by atoms with Crippen molar-refractivity contribution in [3.05, 3.63) is 238 Å². The van der Waals surface area contributed by atoms with Gasteiger partial charge in [-0.2, -0.15) is 10.5 Å². The van der Waals surface area contributed by atoms with Crippen molar-refractivity contribution in [3.8, 4) is 12.1 Å². The Kier molecular flexibility index (Phi) is 43.1. The Hall–Kier alpha value is -7.53. The molecule has 0 saturated heterocycles. The highest BCUT2D eigenvalue weighted by Crippen LogP contribution is 2.31. The summed E-state index contributed by atoms with van der Waals surface area (Å²) in [6.07, 6.45) is 12.7. The molecule has 0 radical (unpaired) electrons. The maximum Gasteiger partial charge on any atom is 0.144 e. The molecule has 0 saturated carbocycles. The molecule has 106 heavy (non-hydrogen) atoms. The van der Waals surface area contributed by atoms with Crippen LogP contribution in [0.25, 0.3) is 0 Å². The highest BCUT2D eigenvalue weighted by molar-refractivity contribution is 6.31. The maximum atomic E-state index is 13.2. The van der Waals surface area contributed by atoms with Gasteiger partial charge in [0.15, 0.2) is 0 Å². The van der Waals surface area contributed by atoms with Crippen molar-refractivity contribution in [2.45, 2.75) is 344 Å². The van der Waals surface area contributed by atoms with Crippen LogP contribution in [0.1, 0.15) is 440 Å². The van der Waals surface area contributed by atoms with E-state index in [0.717, 1.165) is 38.8 Å². The number of aromatic nitrogens is 7. The maximum absolute atomic E-state index is 13.2. The summed E-state index contributed by atoms with van der Waals surface area (Å²) < 4.78 is 13.2. The van der Waals surface area contributed by atoms with Gasteiger partial charge in [-0.05, 0) is 231 Å². The van der Waals surface area contributed by atoms with Crippen molar-refractivity contribution in [2.75, 3.05) is 0 Å². The van der Waals surface area contributed by atoms with E-state index in [9.17, 15) is 4.39 Å². The van der Waals surface area contributed by atoms with Gasteiger partial charge < -0.3 is 0 Å². The monoisotopic (exact) mass is 1460 g/mol. The fourth-order valence-corrected chi connectivity index (χ4v) is 11.6. The molecule has 0 aliphatic heterocycles. The van der Waals surface area contributed by atoms with E-state index in [2.05, 4.69) is 325 Å². The number of hydrogen-bond acceptors (Lipinski definition) is 9. The Bertz CT molecular complexity index is 3450. The van der Waals surface area contributed by atoms with Gasteiger partial charge in [0.25, 0.3) is 0 Å². The zero-order chi connectivity index (χ0) is 81.5. The van der Waals surface area contributed by atoms with E-state index in [-0.39, 0.29) is 11.7 Å². The quantitative estimate of drug-likeness (QED) is 0.0925. The Labute approximate surface area is 651 Å². The zero-order valence-electron chi connectivity index (χ0n) is 72.8. The molecule has 0 spiro atoms. The van der Waals surface area contributed by atoms with Gasteiger partial charge in [-0.3, -0.25) is 34.9 Å². The van der Waals surface area contributed by atoms with Gasteiger partial charge in [-0.1, -0.05) is 257 Å². The lowest BCUT2D eigenvalue weighted by atomic mass is 9.92. The average molecular weight is 1460 g/mol. The summed E-state index contributed by atoms with van der Waals surface area (Å²) in [6.45, 7) is 77.4. The fourth-order valence-electron chi connectivity index (χ4n) is 11.3. The third kappa shape index (κ3) is 32.5. The predicted molar refractivity (Wildman–Crippen MR) is 455 cm³/mol. The van der Waals surface area contributed by atoms with E-state index in [0.29, 0.717) is 94.3 Å². The average Bonchev–Trinajstić information content (AvgIpc) is 0.866. The minimum Gasteiger partial charge on any atom is -0.261 e. The predicted octanol–water partition coefficient (Wildman–Crippen LogP) is 29.0. The van der Waals surface area contributed by atoms with Gasteiger partial charge >= 0.3 is 0 Å². The first kappa shape index (κ1) is 96.5. The van der Waals surface area contributed by atoms with E-state index in [4.69, 9.17) is 22.1 Å². The SMILES string of the molecule is CC(C)c1cc(C(C)C)c(C#N)cn1.CC(C)c1cc(C(C)C)c(Cl)cn1.CC(C)c1cc(C(C)C)c(F)cn1.CC(C)c1ccc(C#N)c(C(C)C)c1.Cc1cnc(C(C)C)cc1C(C)C.Cc1cnc(C(C)C)cc1C(C)C.Cc1ncc(C(C)C)cc1C(C)C.Cc1ncc(C(C)C)cc1C(C)C. The Morgan fingerprint density at radius 1 is 0.264 bits per heavy atom. The van der Waals surface area contributed by atoms with Crippen LogP contribution in [0.5, 0.6) is 0 Å². The van der Waals surface area contributed by atoms with Crippen LogP contribution < -0.4 is 0 Å². The van der Waals surface area contributed by atoms with Crippen molar-refractivity contribution in [1.29, 1.82) is 10.5 Å². The molecule has 0 atom stereocenters. The summed E-state index contributed by atoms with van der Waals surface area (Å²) in [5.41, 5.74) is 25.8. The van der Waals surface area contributed by atoms with Crippen LogP contribution in [0, 0.1) is 56.2 Å². The summed E-state index contributed by atoms with van der Waals surface area (Å²) in [5.74, 6) is 7.61. The van der Waals surface area contributed by atoms with Crippen LogP contribution in [-0.4, -0.2) is 34.9 Å². The normalized spacial score (nSPS) is 11.1. The lowest BCUT2D eigenvalue weighted by Crippen LogP contribution is -1.99. The summed E-state index contributed by atoms with van der Waals surface area (Å²) in [5, 5.41) is 18.6. The Balaban J connectivity index is 0.000000606. The summed E-state index contributed by atoms with van der Waals surface area (Å²) in [6, 6.07) is 25.7. The van der Waals surface area contributed by atoms with Crippen LogP contribution in [0.3, 0.4) is 0 Å². The number of rotatable bonds is 16. The van der Waals surface area contributed by atoms with Gasteiger partial charge in [-0.15, -0.1) is 0 Å². The van der Waals surface area contributed by atoms with E-state index < -0.39 is 0 Å². The summed E-state index contributed by atoms with van der Waals surface area (Å²) in [4.78, 5) is 30.3. The molecule has 8 rings (SSSR count). The number of hydrogen-bond donors (Lipinski definition) is 0. The Morgan fingerprint density at radius 3 is 0.849 bits per heavy atom. The molecular formula is C95H141ClFN9. The molecule has 8 aromatic rings. The molecule has 9 nitrogen and oxygen atoms in total. The summed E-state index contributed by atoms with van der Waals surface area (Å²) >= 11 is 6.03. The molecule has 7 heterocycles. The lowest BCUT2D eigenvalue weighted by molar-refractivity contribution is 0.587. The molecule has 0 amide bonds. The van der Waals surface area contributed by atoms with Gasteiger partial charge in [0.05, 0.1) is 28.4 Å². The molecule has 0 aliphatic rings. The fraction of sp³-hybridized carbons (Fsp3) is 0.547. The number of benzene rings is 1. The highest BCUT2D eigenvalue weighted by Gasteiger charge is 2.16. The van der Waals surface area contributed by atoms with E-state index in [1.54, 1.807) is 12.4 Å². The second-order valence-electron chi connectivity index (χ2n) is 33.3. The van der Waals surface area contributed by atoms with Crippen LogP contribution in [0.2, 0.25) is 5.02 Å². The highest BCUT2D eigenvalue weighted by atomic mass is 35.5. The minimum absolute atomic E-state index is 0.195. The lowest BCUT2D eigenvalue weighted by Gasteiger charge is -2.12. The number of pyridine rings is 7. The van der Waals surface area contributed by atoms with Crippen molar-refractivity contribution < 1.29 is 4.39 Å². The molecule has 0 unspecified atom stereocenters. The number of halogens is 2. The Morgan fingerprint density at radius 2 is 0.538 bits per heavy atom. The molecule has 1 aromatic carbocycles. The standard InChI is InChI=1S/C13H17N.C12H16N2.4C12H19N.C11H16ClN.C11H16FN/c1-9(2)11-5-6-12(8-14)13(7-11)10(3)4;1-8(2)11-5-12(9(3)4)14-7-10(11)6-13;2*1-8(2)11-6-12(9(3)4)10(5)13-7-11;2*1-8(2)11-6-12(9(3)4)13-7-10(11)5;2*1-7(2)9-5-11(8(3)4)13-6-10(9)12/h5-7,9-10H,1-4H3;5,7-9H,1-4H3;4*6-9H,1-5H3;2*5-8H,1-4H3. The summed E-state index contributed by atoms with van der Waals surface area (Å²) in [7, 11) is 0. The van der Waals surface area contributed by atoms with Gasteiger partial charge in [0, 0.05) is 77.0 Å². The van der Waals surface area contributed by atoms with Crippen molar-refractivity contribution in [2.24, 2.45) is 0 Å². The van der Waals surface area contributed by atoms with Crippen molar-refractivity contribution in [1.82, 2.24) is 34.9 Å². The van der Waals surface area contributed by atoms with Gasteiger partial charge in [0.1, 0.15) is 11.9 Å². The number of nitriles is 2. The molecule has 0 N–H and O–H groups in total. The van der Waals surface area contributed by atoms with E-state index in [1.807, 2.05) is 56.8 Å². The largest absolute Gasteiger partial charge is 0.261 e. The molecule has 0 bridgehead atoms. The molecule has 7 aromatic heterocycles. The minimum atomic E-state index is -0.195. The molecule has 0 aliphatic carbocycles. The molecule has 0 fully saturated rings. The zero-order valence-corrected chi connectivity index (χ0v) is 73.6. The van der Waals surface area contributed by atoms with Crippen LogP contribution >= 0.6 is 11.6 Å². The first-order chi connectivity index (χ1) is 49.2. The van der Waals surface area contributed by atoms with Gasteiger partial charge in [0.2, 0.25) is 0 Å². The molecule has 580 valence electrons. The third-order valence-electron chi connectivity index (χ3n) is 18.6. The van der Waals surface area contributed by atoms with Crippen LogP contribution in [0.4, 0.5) is 4.39 Å². The molecule has 11 heteroatoms. The first-order valence-corrected chi connectivity index (χ1v) is 39.7. The van der Waals surface area contributed by atoms with Crippen molar-refractivity contribution in [3.63, 3.8) is 0 Å².